The van der Waals surface area contributed by atoms with E-state index >= 15 is 0 Å². The monoisotopic (exact) mass is 375 g/mol. The van der Waals surface area contributed by atoms with Gasteiger partial charge in [0.05, 0.1) is 30.6 Å². The largest absolute Gasteiger partial charge is 0.467 e. The van der Waals surface area contributed by atoms with E-state index in [0.717, 1.165) is 18.7 Å². The number of fused-ring (bicyclic) bond motifs is 1. The Balaban J connectivity index is 1.41. The van der Waals surface area contributed by atoms with Crippen LogP contribution in [0.15, 0.2) is 71.3 Å². The quantitative estimate of drug-likeness (QED) is 0.694. The molecule has 2 N–H and O–H groups in total. The molecular weight excluding hydrogens is 354 g/mol. The molecule has 0 saturated carbocycles. The van der Waals surface area contributed by atoms with Gasteiger partial charge in [0.25, 0.3) is 5.91 Å². The average molecular weight is 375 g/mol. The van der Waals surface area contributed by atoms with E-state index < -0.39 is 0 Å². The van der Waals surface area contributed by atoms with Crippen molar-refractivity contribution < 1.29 is 14.0 Å². The second-order valence-corrected chi connectivity index (χ2v) is 6.66. The summed E-state index contributed by atoms with van der Waals surface area (Å²) in [7, 11) is 0. The smallest absolute Gasteiger partial charge is 0.253 e. The third-order valence-corrected chi connectivity index (χ3v) is 4.77. The molecule has 0 fully saturated rings. The zero-order chi connectivity index (χ0) is 19.3. The topological polar surface area (TPSA) is 74.6 Å². The number of nitrogens with one attached hydrogen (secondary N) is 2. The molecule has 2 heterocycles. The van der Waals surface area contributed by atoms with Crippen LogP contribution < -0.4 is 15.5 Å². The molecule has 0 bridgehead atoms. The first-order valence-electron chi connectivity index (χ1n) is 9.23. The molecule has 6 heteroatoms. The molecule has 0 radical (unpaired) electrons. The Kier molecular flexibility index (Phi) is 5.10. The molecule has 0 unspecified atom stereocenters. The van der Waals surface area contributed by atoms with Crippen molar-refractivity contribution in [2.24, 2.45) is 0 Å². The summed E-state index contributed by atoms with van der Waals surface area (Å²) in [5, 5.41) is 5.68. The van der Waals surface area contributed by atoms with E-state index in [2.05, 4.69) is 21.6 Å². The van der Waals surface area contributed by atoms with Gasteiger partial charge in [-0.3, -0.25) is 9.59 Å². The van der Waals surface area contributed by atoms with E-state index in [1.165, 1.54) is 5.56 Å². The number of amides is 2. The lowest BCUT2D eigenvalue weighted by molar-refractivity contribution is -0.115. The number of rotatable bonds is 6. The summed E-state index contributed by atoms with van der Waals surface area (Å²) in [6.45, 7) is 1.36. The molecule has 1 aliphatic heterocycles. The zero-order valence-electron chi connectivity index (χ0n) is 15.4. The lowest BCUT2D eigenvalue weighted by Gasteiger charge is -2.19. The van der Waals surface area contributed by atoms with Crippen molar-refractivity contribution in [1.82, 2.24) is 5.32 Å². The minimum Gasteiger partial charge on any atom is -0.467 e. The molecule has 1 aromatic heterocycles. The summed E-state index contributed by atoms with van der Waals surface area (Å²) >= 11 is 0. The Morgan fingerprint density at radius 1 is 1.00 bits per heavy atom. The van der Waals surface area contributed by atoms with Crippen molar-refractivity contribution in [3.63, 3.8) is 0 Å². The van der Waals surface area contributed by atoms with Gasteiger partial charge in [-0.05, 0) is 42.3 Å². The van der Waals surface area contributed by atoms with Crippen LogP contribution in [0.1, 0.15) is 21.7 Å². The predicted octanol–water partition coefficient (Wildman–Crippen LogP) is 3.21. The molecule has 28 heavy (non-hydrogen) atoms. The second-order valence-electron chi connectivity index (χ2n) is 6.66. The molecule has 0 spiro atoms. The van der Waals surface area contributed by atoms with Gasteiger partial charge in [-0.25, -0.2) is 0 Å². The van der Waals surface area contributed by atoms with Gasteiger partial charge in [0, 0.05) is 12.2 Å². The molecule has 2 amide bonds. The molecule has 4 rings (SSSR count). The Morgan fingerprint density at radius 3 is 2.68 bits per heavy atom. The maximum absolute atomic E-state index is 12.6. The van der Waals surface area contributed by atoms with E-state index in [1.807, 2.05) is 18.2 Å². The minimum atomic E-state index is -0.265. The number of furan rings is 1. The lowest BCUT2D eigenvalue weighted by atomic mass is 10.1. The first kappa shape index (κ1) is 17.9. The Hall–Kier alpha value is -3.54. The molecule has 0 aliphatic carbocycles. The summed E-state index contributed by atoms with van der Waals surface area (Å²) in [5.41, 5.74) is 3.27. The van der Waals surface area contributed by atoms with Crippen molar-refractivity contribution in [1.29, 1.82) is 0 Å². The number of carbonyl (C=O) groups is 2. The minimum absolute atomic E-state index is 0.150. The van der Waals surface area contributed by atoms with Gasteiger partial charge in [0.15, 0.2) is 0 Å². The number of benzene rings is 2. The molecule has 0 atom stereocenters. The van der Waals surface area contributed by atoms with E-state index in [4.69, 9.17) is 4.42 Å². The van der Waals surface area contributed by atoms with Crippen molar-refractivity contribution >= 4 is 23.2 Å². The van der Waals surface area contributed by atoms with E-state index in [9.17, 15) is 9.59 Å². The number of anilines is 2. The van der Waals surface area contributed by atoms with Crippen LogP contribution in [-0.4, -0.2) is 24.9 Å². The number of hydrogen-bond donors (Lipinski definition) is 2. The normalized spacial score (nSPS) is 12.5. The SMILES string of the molecule is O=C(CN1CCc2ccccc21)Nc1ccccc1C(=O)NCc1ccco1. The number of para-hydroxylation sites is 2. The summed E-state index contributed by atoms with van der Waals surface area (Å²) in [4.78, 5) is 27.2. The van der Waals surface area contributed by atoms with Gasteiger partial charge < -0.3 is 20.0 Å². The third kappa shape index (κ3) is 3.91. The van der Waals surface area contributed by atoms with Crippen LogP contribution in [0.5, 0.6) is 0 Å². The fourth-order valence-corrected chi connectivity index (χ4v) is 3.40. The highest BCUT2D eigenvalue weighted by molar-refractivity contribution is 6.04. The zero-order valence-corrected chi connectivity index (χ0v) is 15.4. The molecule has 142 valence electrons. The van der Waals surface area contributed by atoms with Gasteiger partial charge >= 0.3 is 0 Å². The van der Waals surface area contributed by atoms with E-state index in [0.29, 0.717) is 23.6 Å². The maximum atomic E-state index is 12.6. The fourth-order valence-electron chi connectivity index (χ4n) is 3.40. The van der Waals surface area contributed by atoms with Gasteiger partial charge in [0.2, 0.25) is 5.91 Å². The highest BCUT2D eigenvalue weighted by atomic mass is 16.3. The van der Waals surface area contributed by atoms with Crippen LogP contribution >= 0.6 is 0 Å². The highest BCUT2D eigenvalue weighted by Crippen LogP contribution is 2.27. The Labute approximate surface area is 163 Å². The summed E-state index contributed by atoms with van der Waals surface area (Å²) in [6.07, 6.45) is 2.50. The van der Waals surface area contributed by atoms with Crippen molar-refractivity contribution in [2.45, 2.75) is 13.0 Å². The van der Waals surface area contributed by atoms with Gasteiger partial charge in [0.1, 0.15) is 5.76 Å². The summed E-state index contributed by atoms with van der Waals surface area (Å²) in [6, 6.07) is 18.7. The van der Waals surface area contributed by atoms with E-state index in [-0.39, 0.29) is 18.4 Å². The van der Waals surface area contributed by atoms with Crippen LogP contribution in [0.2, 0.25) is 0 Å². The third-order valence-electron chi connectivity index (χ3n) is 4.77. The lowest BCUT2D eigenvalue weighted by Crippen LogP contribution is -2.32. The van der Waals surface area contributed by atoms with Crippen LogP contribution in [0, 0.1) is 0 Å². The predicted molar refractivity (Wildman–Crippen MR) is 107 cm³/mol. The van der Waals surface area contributed by atoms with Gasteiger partial charge in [-0.1, -0.05) is 30.3 Å². The van der Waals surface area contributed by atoms with Gasteiger partial charge in [-0.15, -0.1) is 0 Å². The number of carbonyl (C=O) groups excluding carboxylic acids is 2. The fraction of sp³-hybridized carbons (Fsp3) is 0.182. The molecule has 2 aromatic carbocycles. The van der Waals surface area contributed by atoms with Crippen LogP contribution in [-0.2, 0) is 17.8 Å². The second kappa shape index (κ2) is 8.00. The highest BCUT2D eigenvalue weighted by Gasteiger charge is 2.21. The standard InChI is InChI=1S/C22H21N3O3/c26-21(15-25-12-11-16-6-1-4-10-20(16)25)24-19-9-3-2-8-18(19)22(27)23-14-17-7-5-13-28-17/h1-10,13H,11-12,14-15H2,(H,23,27)(H,24,26). The molecular formula is C22H21N3O3. The Bertz CT molecular complexity index is 982. The van der Waals surface area contributed by atoms with Crippen LogP contribution in [0.4, 0.5) is 11.4 Å². The van der Waals surface area contributed by atoms with Crippen LogP contribution in [0.25, 0.3) is 0 Å². The summed E-state index contributed by atoms with van der Waals surface area (Å²) in [5.74, 6) is 0.254. The first-order valence-corrected chi connectivity index (χ1v) is 9.23. The van der Waals surface area contributed by atoms with Gasteiger partial charge in [-0.2, -0.15) is 0 Å². The van der Waals surface area contributed by atoms with Crippen molar-refractivity contribution in [2.75, 3.05) is 23.3 Å². The van der Waals surface area contributed by atoms with Crippen LogP contribution in [0.3, 0.4) is 0 Å². The molecule has 3 aromatic rings. The molecule has 0 saturated heterocycles. The van der Waals surface area contributed by atoms with Crippen molar-refractivity contribution in [3.8, 4) is 0 Å². The number of nitrogens with zero attached hydrogens (tertiary/aromatic N) is 1. The summed E-state index contributed by atoms with van der Waals surface area (Å²) < 4.78 is 5.23. The molecule has 6 nitrogen and oxygen atoms in total. The number of hydrogen-bond acceptors (Lipinski definition) is 4. The Morgan fingerprint density at radius 2 is 1.82 bits per heavy atom. The molecule has 1 aliphatic rings. The first-order chi connectivity index (χ1) is 13.7. The average Bonchev–Trinajstić information content (AvgIpc) is 3.37. The van der Waals surface area contributed by atoms with E-state index in [1.54, 1.807) is 42.7 Å². The maximum Gasteiger partial charge on any atom is 0.253 e. The van der Waals surface area contributed by atoms with Crippen molar-refractivity contribution in [3.05, 3.63) is 83.8 Å².